The van der Waals surface area contributed by atoms with Gasteiger partial charge in [-0.3, -0.25) is 4.79 Å². The molecule has 1 aliphatic rings. The summed E-state index contributed by atoms with van der Waals surface area (Å²) in [5, 5.41) is 2.60. The van der Waals surface area contributed by atoms with E-state index in [9.17, 15) is 13.2 Å². The Bertz CT molecular complexity index is 725. The number of sulfonamides is 1. The zero-order chi connectivity index (χ0) is 19.3. The summed E-state index contributed by atoms with van der Waals surface area (Å²) < 4.78 is 37.2. The molecule has 2 rings (SSSR count). The number of carbonyl (C=O) groups is 1. The highest BCUT2D eigenvalue weighted by Crippen LogP contribution is 2.16. The predicted molar refractivity (Wildman–Crippen MR) is 99.8 cm³/mol. The van der Waals surface area contributed by atoms with E-state index in [4.69, 9.17) is 9.47 Å². The number of hydrogen-bond donors (Lipinski definition) is 1. The SMILES string of the molecule is Cc1ccc(OCC(=O)NCCS(=O)(=O)N2CC(C)OC(C)C2)cc1C. The van der Waals surface area contributed by atoms with Gasteiger partial charge in [0.25, 0.3) is 5.91 Å². The van der Waals surface area contributed by atoms with Gasteiger partial charge in [0.2, 0.25) is 10.0 Å². The van der Waals surface area contributed by atoms with E-state index in [0.29, 0.717) is 18.8 Å². The Morgan fingerprint density at radius 3 is 2.50 bits per heavy atom. The summed E-state index contributed by atoms with van der Waals surface area (Å²) in [5.41, 5.74) is 2.24. The van der Waals surface area contributed by atoms with Crippen LogP contribution in [0.15, 0.2) is 18.2 Å². The van der Waals surface area contributed by atoms with E-state index >= 15 is 0 Å². The normalized spacial score (nSPS) is 21.4. The topological polar surface area (TPSA) is 84.9 Å². The van der Waals surface area contributed by atoms with Crippen molar-refractivity contribution < 1.29 is 22.7 Å². The van der Waals surface area contributed by atoms with Crippen LogP contribution in [0.3, 0.4) is 0 Å². The van der Waals surface area contributed by atoms with Gasteiger partial charge >= 0.3 is 0 Å². The van der Waals surface area contributed by atoms with Crippen molar-refractivity contribution in [3.05, 3.63) is 29.3 Å². The number of morpholine rings is 1. The van der Waals surface area contributed by atoms with E-state index in [-0.39, 0.29) is 37.0 Å². The van der Waals surface area contributed by atoms with Crippen molar-refractivity contribution in [1.29, 1.82) is 0 Å². The summed E-state index contributed by atoms with van der Waals surface area (Å²) in [4.78, 5) is 11.9. The van der Waals surface area contributed by atoms with Crippen LogP contribution >= 0.6 is 0 Å². The quantitative estimate of drug-likeness (QED) is 0.764. The van der Waals surface area contributed by atoms with Crippen LogP contribution < -0.4 is 10.1 Å². The fourth-order valence-corrected chi connectivity index (χ4v) is 4.30. The Hall–Kier alpha value is -1.64. The molecule has 1 amide bonds. The average Bonchev–Trinajstić information content (AvgIpc) is 2.55. The fourth-order valence-electron chi connectivity index (χ4n) is 2.81. The van der Waals surface area contributed by atoms with Crippen molar-refractivity contribution in [2.75, 3.05) is 32.0 Å². The summed E-state index contributed by atoms with van der Waals surface area (Å²) in [6.45, 7) is 8.27. The molecule has 7 nitrogen and oxygen atoms in total. The van der Waals surface area contributed by atoms with Crippen molar-refractivity contribution in [3.8, 4) is 5.75 Å². The molecule has 0 aliphatic carbocycles. The summed E-state index contributed by atoms with van der Waals surface area (Å²) in [5.74, 6) is 0.135. The zero-order valence-electron chi connectivity index (χ0n) is 15.8. The Labute approximate surface area is 155 Å². The van der Waals surface area contributed by atoms with E-state index in [1.54, 1.807) is 6.07 Å². The van der Waals surface area contributed by atoms with E-state index in [2.05, 4.69) is 5.32 Å². The molecule has 0 bridgehead atoms. The summed E-state index contributed by atoms with van der Waals surface area (Å²) in [6, 6.07) is 5.61. The second-order valence-electron chi connectivity index (χ2n) is 6.78. The van der Waals surface area contributed by atoms with Crippen molar-refractivity contribution in [2.45, 2.75) is 39.9 Å². The molecular weight excluding hydrogens is 356 g/mol. The van der Waals surface area contributed by atoms with Crippen LogP contribution in [-0.2, 0) is 19.6 Å². The molecule has 2 unspecified atom stereocenters. The maximum Gasteiger partial charge on any atom is 0.257 e. The molecule has 146 valence electrons. The number of nitrogens with one attached hydrogen (secondary N) is 1. The molecular formula is C18H28N2O5S. The third-order valence-electron chi connectivity index (χ3n) is 4.31. The first-order valence-corrected chi connectivity index (χ1v) is 10.4. The Kier molecular flexibility index (Phi) is 7.02. The molecule has 1 aliphatic heterocycles. The van der Waals surface area contributed by atoms with E-state index in [1.165, 1.54) is 4.31 Å². The standard InChI is InChI=1S/C18H28N2O5S/c1-13-5-6-17(9-14(13)2)24-12-18(21)19-7-8-26(22,23)20-10-15(3)25-16(4)11-20/h5-6,9,15-16H,7-8,10-12H2,1-4H3,(H,19,21). The van der Waals surface area contributed by atoms with E-state index in [0.717, 1.165) is 11.1 Å². The average molecular weight is 384 g/mol. The van der Waals surface area contributed by atoms with Gasteiger partial charge in [-0.15, -0.1) is 0 Å². The summed E-state index contributed by atoms with van der Waals surface area (Å²) in [7, 11) is -3.42. The molecule has 0 saturated carbocycles. The number of benzene rings is 1. The fraction of sp³-hybridized carbons (Fsp3) is 0.611. The lowest BCUT2D eigenvalue weighted by molar-refractivity contribution is -0.122. The summed E-state index contributed by atoms with van der Waals surface area (Å²) >= 11 is 0. The first-order chi connectivity index (χ1) is 12.2. The van der Waals surface area contributed by atoms with Crippen LogP contribution in [0.1, 0.15) is 25.0 Å². The molecule has 1 fully saturated rings. The first-order valence-electron chi connectivity index (χ1n) is 8.77. The molecule has 8 heteroatoms. The number of ether oxygens (including phenoxy) is 2. The molecule has 0 aromatic heterocycles. The molecule has 26 heavy (non-hydrogen) atoms. The second-order valence-corrected chi connectivity index (χ2v) is 8.86. The molecule has 2 atom stereocenters. The molecule has 0 radical (unpaired) electrons. The van der Waals surface area contributed by atoms with Crippen molar-refractivity contribution in [3.63, 3.8) is 0 Å². The lowest BCUT2D eigenvalue weighted by atomic mass is 10.1. The van der Waals surface area contributed by atoms with Gasteiger partial charge in [-0.1, -0.05) is 6.07 Å². The van der Waals surface area contributed by atoms with Gasteiger partial charge in [-0.2, -0.15) is 4.31 Å². The van der Waals surface area contributed by atoms with E-state index in [1.807, 2.05) is 39.8 Å². The molecule has 1 aromatic rings. The molecule has 1 heterocycles. The smallest absolute Gasteiger partial charge is 0.257 e. The molecule has 0 spiro atoms. The van der Waals surface area contributed by atoms with Gasteiger partial charge in [0.05, 0.1) is 18.0 Å². The van der Waals surface area contributed by atoms with Crippen molar-refractivity contribution in [1.82, 2.24) is 9.62 Å². The highest BCUT2D eigenvalue weighted by atomic mass is 32.2. The number of hydrogen-bond acceptors (Lipinski definition) is 5. The highest BCUT2D eigenvalue weighted by Gasteiger charge is 2.30. The van der Waals surface area contributed by atoms with Crippen LogP contribution in [0.4, 0.5) is 0 Å². The Morgan fingerprint density at radius 2 is 1.88 bits per heavy atom. The minimum absolute atomic E-state index is 0.0531. The molecule has 1 saturated heterocycles. The highest BCUT2D eigenvalue weighted by molar-refractivity contribution is 7.89. The number of nitrogens with zero attached hydrogens (tertiary/aromatic N) is 1. The second kappa shape index (κ2) is 8.83. The van der Waals surface area contributed by atoms with Gasteiger partial charge in [-0.05, 0) is 51.0 Å². The minimum Gasteiger partial charge on any atom is -0.484 e. The third-order valence-corrected chi connectivity index (χ3v) is 6.11. The van der Waals surface area contributed by atoms with Crippen LogP contribution in [0.2, 0.25) is 0 Å². The van der Waals surface area contributed by atoms with Crippen LogP contribution in [0.5, 0.6) is 5.75 Å². The molecule has 1 aromatic carbocycles. The van der Waals surface area contributed by atoms with Gasteiger partial charge in [-0.25, -0.2) is 8.42 Å². The van der Waals surface area contributed by atoms with Crippen LogP contribution in [-0.4, -0.2) is 62.8 Å². The lowest BCUT2D eigenvalue weighted by Gasteiger charge is -2.34. The Balaban J connectivity index is 1.75. The van der Waals surface area contributed by atoms with Gasteiger partial charge in [0.15, 0.2) is 6.61 Å². The zero-order valence-corrected chi connectivity index (χ0v) is 16.6. The van der Waals surface area contributed by atoms with Crippen molar-refractivity contribution >= 4 is 15.9 Å². The molecule has 1 N–H and O–H groups in total. The third kappa shape index (κ3) is 5.96. The number of carbonyl (C=O) groups excluding carboxylic acids is 1. The number of aryl methyl sites for hydroxylation is 2. The van der Waals surface area contributed by atoms with Gasteiger partial charge in [0, 0.05) is 19.6 Å². The maximum atomic E-state index is 12.4. The largest absolute Gasteiger partial charge is 0.484 e. The summed E-state index contributed by atoms with van der Waals surface area (Å²) in [6.07, 6.45) is -0.260. The van der Waals surface area contributed by atoms with Crippen LogP contribution in [0, 0.1) is 13.8 Å². The first kappa shape index (κ1) is 20.7. The predicted octanol–water partition coefficient (Wildman–Crippen LogP) is 1.24. The maximum absolute atomic E-state index is 12.4. The monoisotopic (exact) mass is 384 g/mol. The lowest BCUT2D eigenvalue weighted by Crippen LogP contribution is -2.49. The van der Waals surface area contributed by atoms with E-state index < -0.39 is 10.0 Å². The minimum atomic E-state index is -3.42. The van der Waals surface area contributed by atoms with Gasteiger partial charge < -0.3 is 14.8 Å². The Morgan fingerprint density at radius 1 is 1.23 bits per heavy atom. The number of amides is 1. The number of rotatable bonds is 7. The van der Waals surface area contributed by atoms with Gasteiger partial charge in [0.1, 0.15) is 5.75 Å². The van der Waals surface area contributed by atoms with Crippen LogP contribution in [0.25, 0.3) is 0 Å². The van der Waals surface area contributed by atoms with Crippen molar-refractivity contribution in [2.24, 2.45) is 0 Å².